The summed E-state index contributed by atoms with van der Waals surface area (Å²) in [5.41, 5.74) is 0.0500. The van der Waals surface area contributed by atoms with Gasteiger partial charge < -0.3 is 5.32 Å². The van der Waals surface area contributed by atoms with Crippen LogP contribution in [-0.2, 0) is 0 Å². The van der Waals surface area contributed by atoms with Crippen molar-refractivity contribution in [2.75, 3.05) is 6.54 Å². The Morgan fingerprint density at radius 3 is 2.47 bits per heavy atom. The Balaban J connectivity index is 2.74. The summed E-state index contributed by atoms with van der Waals surface area (Å²) in [5.74, 6) is -2.97. The monoisotopic (exact) mass is 243 g/mol. The van der Waals surface area contributed by atoms with E-state index in [1.54, 1.807) is 6.08 Å². The molecule has 0 saturated heterocycles. The van der Waals surface area contributed by atoms with Crippen LogP contribution in [0.5, 0.6) is 0 Å². The molecule has 0 fully saturated rings. The molecule has 0 aliphatic rings. The molecule has 1 aromatic carbocycles. The fourth-order valence-corrected chi connectivity index (χ4v) is 1.35. The molecular weight excluding hydrogens is 227 g/mol. The van der Waals surface area contributed by atoms with Crippen LogP contribution < -0.4 is 5.32 Å². The number of hydrogen-bond donors (Lipinski definition) is 1. The average molecular weight is 243 g/mol. The van der Waals surface area contributed by atoms with E-state index >= 15 is 0 Å². The Labute approximate surface area is 99.3 Å². The van der Waals surface area contributed by atoms with E-state index < -0.39 is 17.5 Å². The van der Waals surface area contributed by atoms with Gasteiger partial charge in [0.15, 0.2) is 11.6 Å². The molecule has 1 rings (SSSR count). The highest BCUT2D eigenvalue weighted by atomic mass is 19.2. The summed E-state index contributed by atoms with van der Waals surface area (Å²) >= 11 is 0. The molecule has 0 heterocycles. The minimum Gasteiger partial charge on any atom is -0.311 e. The van der Waals surface area contributed by atoms with Crippen LogP contribution in [0.4, 0.5) is 13.2 Å². The van der Waals surface area contributed by atoms with Crippen molar-refractivity contribution in [3.63, 3.8) is 0 Å². The standard InChI is InChI=1S/C13H16F3N/c1-3-6-17-9(2)4-5-10-7-12(15)13(16)8-11(10)14/h4-5,7-9,17H,3,6H2,1-2H3/b5-4+. The van der Waals surface area contributed by atoms with Crippen LogP contribution in [-0.4, -0.2) is 12.6 Å². The summed E-state index contributed by atoms with van der Waals surface area (Å²) in [6.45, 7) is 4.80. The van der Waals surface area contributed by atoms with Crippen LogP contribution in [0.3, 0.4) is 0 Å². The first-order valence-corrected chi connectivity index (χ1v) is 5.60. The van der Waals surface area contributed by atoms with E-state index in [0.29, 0.717) is 6.07 Å². The zero-order valence-electron chi connectivity index (χ0n) is 9.93. The topological polar surface area (TPSA) is 12.0 Å². The lowest BCUT2D eigenvalue weighted by atomic mass is 10.1. The van der Waals surface area contributed by atoms with Crippen molar-refractivity contribution in [3.8, 4) is 0 Å². The van der Waals surface area contributed by atoms with Gasteiger partial charge in [-0.2, -0.15) is 0 Å². The predicted molar refractivity (Wildman–Crippen MR) is 63.1 cm³/mol. The van der Waals surface area contributed by atoms with Gasteiger partial charge in [-0.05, 0) is 26.0 Å². The van der Waals surface area contributed by atoms with Crippen LogP contribution in [0.2, 0.25) is 0 Å². The van der Waals surface area contributed by atoms with Crippen molar-refractivity contribution in [3.05, 3.63) is 41.2 Å². The van der Waals surface area contributed by atoms with Crippen LogP contribution in [0.25, 0.3) is 6.08 Å². The summed E-state index contributed by atoms with van der Waals surface area (Å²) in [5, 5.41) is 3.17. The van der Waals surface area contributed by atoms with Crippen molar-refractivity contribution in [1.82, 2.24) is 5.32 Å². The molecule has 0 amide bonds. The smallest absolute Gasteiger partial charge is 0.161 e. The third kappa shape index (κ3) is 4.23. The maximum atomic E-state index is 13.3. The molecule has 0 aliphatic carbocycles. The number of nitrogens with one attached hydrogen (secondary N) is 1. The quantitative estimate of drug-likeness (QED) is 0.780. The lowest BCUT2D eigenvalue weighted by Crippen LogP contribution is -2.24. The van der Waals surface area contributed by atoms with Gasteiger partial charge in [-0.15, -0.1) is 0 Å². The normalized spacial score (nSPS) is 13.2. The molecule has 1 aromatic rings. The van der Waals surface area contributed by atoms with E-state index in [4.69, 9.17) is 0 Å². The largest absolute Gasteiger partial charge is 0.311 e. The summed E-state index contributed by atoms with van der Waals surface area (Å²) in [7, 11) is 0. The van der Waals surface area contributed by atoms with Gasteiger partial charge in [0.1, 0.15) is 5.82 Å². The Morgan fingerprint density at radius 2 is 1.82 bits per heavy atom. The molecule has 17 heavy (non-hydrogen) atoms. The third-order valence-electron chi connectivity index (χ3n) is 2.32. The first-order valence-electron chi connectivity index (χ1n) is 5.60. The molecule has 4 heteroatoms. The number of hydrogen-bond acceptors (Lipinski definition) is 1. The summed E-state index contributed by atoms with van der Waals surface area (Å²) in [4.78, 5) is 0. The molecule has 1 nitrogen and oxygen atoms in total. The van der Waals surface area contributed by atoms with E-state index in [2.05, 4.69) is 5.32 Å². The molecule has 0 aromatic heterocycles. The highest BCUT2D eigenvalue weighted by Crippen LogP contribution is 2.15. The second kappa shape index (κ2) is 6.45. The van der Waals surface area contributed by atoms with Crippen LogP contribution in [0.15, 0.2) is 18.2 Å². The maximum Gasteiger partial charge on any atom is 0.161 e. The Morgan fingerprint density at radius 1 is 1.18 bits per heavy atom. The fraction of sp³-hybridized carbons (Fsp3) is 0.385. The lowest BCUT2D eigenvalue weighted by Gasteiger charge is -2.07. The van der Waals surface area contributed by atoms with Crippen molar-refractivity contribution >= 4 is 6.08 Å². The van der Waals surface area contributed by atoms with Gasteiger partial charge in [0, 0.05) is 17.7 Å². The molecule has 0 aliphatic heterocycles. The van der Waals surface area contributed by atoms with Gasteiger partial charge in [-0.25, -0.2) is 13.2 Å². The fourth-order valence-electron chi connectivity index (χ4n) is 1.35. The maximum absolute atomic E-state index is 13.3. The Bertz CT molecular complexity index is 402. The van der Waals surface area contributed by atoms with E-state index in [1.807, 2.05) is 13.8 Å². The molecule has 0 bridgehead atoms. The molecule has 0 spiro atoms. The highest BCUT2D eigenvalue weighted by Gasteiger charge is 2.07. The first-order chi connectivity index (χ1) is 8.04. The highest BCUT2D eigenvalue weighted by molar-refractivity contribution is 5.50. The summed E-state index contributed by atoms with van der Waals surface area (Å²) in [6.07, 6.45) is 4.16. The molecule has 1 unspecified atom stereocenters. The molecule has 94 valence electrons. The second-order valence-corrected chi connectivity index (χ2v) is 3.89. The molecule has 0 radical (unpaired) electrons. The summed E-state index contributed by atoms with van der Waals surface area (Å²) < 4.78 is 38.8. The first kappa shape index (κ1) is 13.8. The van der Waals surface area contributed by atoms with Crippen molar-refractivity contribution < 1.29 is 13.2 Å². The van der Waals surface area contributed by atoms with Gasteiger partial charge in [-0.1, -0.05) is 19.1 Å². The van der Waals surface area contributed by atoms with Gasteiger partial charge in [0.2, 0.25) is 0 Å². The molecular formula is C13H16F3N. The Kier molecular flexibility index (Phi) is 5.22. The van der Waals surface area contributed by atoms with Gasteiger partial charge in [0.25, 0.3) is 0 Å². The summed E-state index contributed by atoms with van der Waals surface area (Å²) in [6, 6.07) is 1.47. The van der Waals surface area contributed by atoms with Crippen LogP contribution in [0, 0.1) is 17.5 Å². The number of halogens is 3. The average Bonchev–Trinajstić information content (AvgIpc) is 2.29. The molecule has 1 atom stereocenters. The van der Waals surface area contributed by atoms with Crippen molar-refractivity contribution in [2.24, 2.45) is 0 Å². The van der Waals surface area contributed by atoms with Crippen LogP contribution >= 0.6 is 0 Å². The SMILES string of the molecule is CCCNC(C)/C=C/c1cc(F)c(F)cc1F. The van der Waals surface area contributed by atoms with E-state index in [1.165, 1.54) is 6.08 Å². The lowest BCUT2D eigenvalue weighted by molar-refractivity contribution is 0.494. The zero-order chi connectivity index (χ0) is 12.8. The van der Waals surface area contributed by atoms with Gasteiger partial charge in [0.05, 0.1) is 0 Å². The molecule has 1 N–H and O–H groups in total. The third-order valence-corrected chi connectivity index (χ3v) is 2.32. The van der Waals surface area contributed by atoms with Gasteiger partial charge in [-0.3, -0.25) is 0 Å². The van der Waals surface area contributed by atoms with Gasteiger partial charge >= 0.3 is 0 Å². The number of rotatable bonds is 5. The minimum absolute atomic E-state index is 0.0500. The number of benzene rings is 1. The van der Waals surface area contributed by atoms with Crippen LogP contribution in [0.1, 0.15) is 25.8 Å². The van der Waals surface area contributed by atoms with Crippen molar-refractivity contribution in [1.29, 1.82) is 0 Å². The Hall–Kier alpha value is -1.29. The van der Waals surface area contributed by atoms with E-state index in [0.717, 1.165) is 19.0 Å². The minimum atomic E-state index is -1.17. The van der Waals surface area contributed by atoms with Crippen molar-refractivity contribution in [2.45, 2.75) is 26.3 Å². The second-order valence-electron chi connectivity index (χ2n) is 3.89. The molecule has 0 saturated carbocycles. The van der Waals surface area contributed by atoms with E-state index in [9.17, 15) is 13.2 Å². The van der Waals surface area contributed by atoms with E-state index in [-0.39, 0.29) is 11.6 Å². The zero-order valence-corrected chi connectivity index (χ0v) is 9.93. The predicted octanol–water partition coefficient (Wildman–Crippen LogP) is 3.51.